The Balaban J connectivity index is 2.02. The number of amides is 1. The third-order valence-electron chi connectivity index (χ3n) is 4.87. The Morgan fingerprint density at radius 2 is 1.69 bits per heavy atom. The first-order chi connectivity index (χ1) is 15.2. The number of nitrogens with zero attached hydrogens (tertiary/aromatic N) is 1. The molecule has 0 aromatic heterocycles. The minimum Gasteiger partial charge on any atom is -0.492 e. The molecule has 1 amide bonds. The van der Waals surface area contributed by atoms with Gasteiger partial charge in [0.05, 0.1) is 17.2 Å². The highest BCUT2D eigenvalue weighted by Gasteiger charge is 2.29. The quantitative estimate of drug-likeness (QED) is 0.489. The number of benzene rings is 3. The van der Waals surface area contributed by atoms with E-state index < -0.39 is 22.5 Å². The summed E-state index contributed by atoms with van der Waals surface area (Å²) in [6.45, 7) is 5.38. The van der Waals surface area contributed by atoms with Crippen molar-refractivity contribution in [2.45, 2.75) is 25.7 Å². The molecule has 0 bridgehead atoms. The van der Waals surface area contributed by atoms with Crippen molar-refractivity contribution in [3.8, 4) is 5.75 Å². The molecule has 0 fully saturated rings. The molecule has 0 aliphatic rings. The molecular weight excluding hydrogens is 448 g/mol. The van der Waals surface area contributed by atoms with Gasteiger partial charge in [-0.05, 0) is 62.7 Å². The van der Waals surface area contributed by atoms with Crippen molar-refractivity contribution in [3.63, 3.8) is 0 Å². The summed E-state index contributed by atoms with van der Waals surface area (Å²) in [7, 11) is -4.05. The van der Waals surface area contributed by atoms with Crippen LogP contribution in [0.15, 0.2) is 71.6 Å². The highest BCUT2D eigenvalue weighted by Crippen LogP contribution is 2.33. The summed E-state index contributed by atoms with van der Waals surface area (Å²) in [5.74, 6) is -0.130. The summed E-state index contributed by atoms with van der Waals surface area (Å²) in [6.07, 6.45) is 0. The lowest BCUT2D eigenvalue weighted by molar-refractivity contribution is -0.114. The van der Waals surface area contributed by atoms with Crippen molar-refractivity contribution >= 4 is 38.9 Å². The molecule has 3 aromatic rings. The number of nitrogens with one attached hydrogen (secondary N) is 1. The van der Waals surface area contributed by atoms with Gasteiger partial charge in [-0.2, -0.15) is 0 Å². The third-order valence-corrected chi connectivity index (χ3v) is 7.06. The van der Waals surface area contributed by atoms with E-state index in [4.69, 9.17) is 16.3 Å². The average molecular weight is 473 g/mol. The van der Waals surface area contributed by atoms with Gasteiger partial charge in [0.1, 0.15) is 12.3 Å². The first kappa shape index (κ1) is 23.6. The normalized spacial score (nSPS) is 11.1. The molecule has 0 saturated heterocycles. The lowest BCUT2D eigenvalue weighted by Gasteiger charge is -2.26. The van der Waals surface area contributed by atoms with E-state index in [1.165, 1.54) is 12.1 Å². The molecule has 0 unspecified atom stereocenters. The van der Waals surface area contributed by atoms with E-state index in [0.717, 1.165) is 9.87 Å². The Morgan fingerprint density at radius 1 is 1.00 bits per heavy atom. The molecule has 3 rings (SSSR count). The summed E-state index contributed by atoms with van der Waals surface area (Å²) in [4.78, 5) is 13.0. The Hall–Kier alpha value is -3.03. The molecule has 0 aliphatic heterocycles. The van der Waals surface area contributed by atoms with Crippen LogP contribution in [-0.2, 0) is 14.8 Å². The first-order valence-electron chi connectivity index (χ1n) is 10.1. The van der Waals surface area contributed by atoms with Gasteiger partial charge in [-0.3, -0.25) is 9.10 Å². The third kappa shape index (κ3) is 5.23. The second-order valence-corrected chi connectivity index (χ2v) is 9.46. The fourth-order valence-corrected chi connectivity index (χ4v) is 4.75. The molecule has 0 heterocycles. The topological polar surface area (TPSA) is 75.7 Å². The van der Waals surface area contributed by atoms with Crippen molar-refractivity contribution in [2.24, 2.45) is 0 Å². The Kier molecular flexibility index (Phi) is 7.43. The summed E-state index contributed by atoms with van der Waals surface area (Å²) < 4.78 is 33.9. The molecule has 6 nitrogen and oxygen atoms in total. The SMILES string of the molecule is CCOc1ccccc1N(CC(=O)Nc1cccc(Cl)c1C)S(=O)(=O)c1ccc(C)cc1. The van der Waals surface area contributed by atoms with Crippen LogP contribution >= 0.6 is 11.6 Å². The fourth-order valence-electron chi connectivity index (χ4n) is 3.14. The smallest absolute Gasteiger partial charge is 0.264 e. The monoisotopic (exact) mass is 472 g/mol. The van der Waals surface area contributed by atoms with Crippen LogP contribution in [-0.4, -0.2) is 27.5 Å². The van der Waals surface area contributed by atoms with Gasteiger partial charge in [-0.1, -0.05) is 47.5 Å². The minimum absolute atomic E-state index is 0.0844. The van der Waals surface area contributed by atoms with Crippen LogP contribution in [0.4, 0.5) is 11.4 Å². The minimum atomic E-state index is -4.05. The van der Waals surface area contributed by atoms with Gasteiger partial charge in [-0.25, -0.2) is 8.42 Å². The zero-order valence-corrected chi connectivity index (χ0v) is 19.7. The van der Waals surface area contributed by atoms with Gasteiger partial charge in [-0.15, -0.1) is 0 Å². The van der Waals surface area contributed by atoms with Gasteiger partial charge in [0, 0.05) is 10.7 Å². The van der Waals surface area contributed by atoms with Crippen molar-refractivity contribution in [2.75, 3.05) is 22.8 Å². The van der Waals surface area contributed by atoms with Gasteiger partial charge in [0.25, 0.3) is 10.0 Å². The van der Waals surface area contributed by atoms with Crippen molar-refractivity contribution < 1.29 is 17.9 Å². The van der Waals surface area contributed by atoms with E-state index in [1.54, 1.807) is 61.5 Å². The van der Waals surface area contributed by atoms with E-state index in [-0.39, 0.29) is 10.6 Å². The predicted octanol–water partition coefficient (Wildman–Crippen LogP) is 5.19. The molecule has 0 atom stereocenters. The van der Waals surface area contributed by atoms with Crippen molar-refractivity contribution in [1.82, 2.24) is 0 Å². The maximum absolute atomic E-state index is 13.6. The summed E-state index contributed by atoms with van der Waals surface area (Å²) in [5.41, 5.74) is 2.44. The molecule has 32 heavy (non-hydrogen) atoms. The number of rotatable bonds is 8. The largest absolute Gasteiger partial charge is 0.492 e. The number of halogens is 1. The Morgan fingerprint density at radius 3 is 2.38 bits per heavy atom. The second-order valence-electron chi connectivity index (χ2n) is 7.19. The van der Waals surface area contributed by atoms with Gasteiger partial charge in [0.15, 0.2) is 0 Å². The van der Waals surface area contributed by atoms with Crippen LogP contribution < -0.4 is 14.4 Å². The molecule has 8 heteroatoms. The number of sulfonamides is 1. The molecule has 0 spiro atoms. The number of aryl methyl sites for hydroxylation is 1. The van der Waals surface area contributed by atoms with Crippen LogP contribution in [0.5, 0.6) is 5.75 Å². The predicted molar refractivity (Wildman–Crippen MR) is 128 cm³/mol. The van der Waals surface area contributed by atoms with E-state index in [9.17, 15) is 13.2 Å². The maximum Gasteiger partial charge on any atom is 0.264 e. The van der Waals surface area contributed by atoms with Crippen LogP contribution in [0.1, 0.15) is 18.1 Å². The van der Waals surface area contributed by atoms with Crippen LogP contribution in [0.3, 0.4) is 0 Å². The summed E-state index contributed by atoms with van der Waals surface area (Å²) in [5, 5.41) is 3.27. The highest BCUT2D eigenvalue weighted by molar-refractivity contribution is 7.92. The Labute approximate surface area is 193 Å². The van der Waals surface area contributed by atoms with Crippen LogP contribution in [0, 0.1) is 13.8 Å². The number of para-hydroxylation sites is 2. The van der Waals surface area contributed by atoms with Gasteiger partial charge < -0.3 is 10.1 Å². The zero-order chi connectivity index (χ0) is 23.3. The number of ether oxygens (including phenoxy) is 1. The zero-order valence-electron chi connectivity index (χ0n) is 18.1. The van der Waals surface area contributed by atoms with Gasteiger partial charge >= 0.3 is 0 Å². The standard InChI is InChI=1S/C24H25ClN2O4S/c1-4-31-23-11-6-5-10-22(23)27(32(29,30)19-14-12-17(2)13-15-19)16-24(28)26-21-9-7-8-20(25)18(21)3/h5-15H,4,16H2,1-3H3,(H,26,28). The van der Waals surface area contributed by atoms with E-state index >= 15 is 0 Å². The second kappa shape index (κ2) is 10.1. The molecule has 0 saturated carbocycles. The summed E-state index contributed by atoms with van der Waals surface area (Å²) >= 11 is 6.15. The van der Waals surface area contributed by atoms with Crippen molar-refractivity contribution in [3.05, 3.63) is 82.9 Å². The molecule has 1 N–H and O–H groups in total. The lowest BCUT2D eigenvalue weighted by Crippen LogP contribution is -2.38. The number of hydrogen-bond acceptors (Lipinski definition) is 4. The lowest BCUT2D eigenvalue weighted by atomic mass is 10.2. The molecule has 0 radical (unpaired) electrons. The number of carbonyl (C=O) groups excluding carboxylic acids is 1. The fraction of sp³-hybridized carbons (Fsp3) is 0.208. The first-order valence-corrected chi connectivity index (χ1v) is 11.9. The maximum atomic E-state index is 13.6. The average Bonchev–Trinajstić information content (AvgIpc) is 2.76. The van der Waals surface area contributed by atoms with Crippen molar-refractivity contribution in [1.29, 1.82) is 0 Å². The number of anilines is 2. The van der Waals surface area contributed by atoms with E-state index in [2.05, 4.69) is 5.32 Å². The molecule has 0 aliphatic carbocycles. The van der Waals surface area contributed by atoms with Crippen LogP contribution in [0.25, 0.3) is 0 Å². The Bertz CT molecular complexity index is 1210. The number of carbonyl (C=O) groups is 1. The van der Waals surface area contributed by atoms with Gasteiger partial charge in [0.2, 0.25) is 5.91 Å². The molecular formula is C24H25ClN2O4S. The summed E-state index contributed by atoms with van der Waals surface area (Å²) in [6, 6.07) is 18.4. The number of hydrogen-bond donors (Lipinski definition) is 1. The van der Waals surface area contributed by atoms with E-state index in [0.29, 0.717) is 28.6 Å². The van der Waals surface area contributed by atoms with Crippen LogP contribution in [0.2, 0.25) is 5.02 Å². The molecule has 168 valence electrons. The molecule has 3 aromatic carbocycles. The highest BCUT2D eigenvalue weighted by atomic mass is 35.5. The van der Waals surface area contributed by atoms with E-state index in [1.807, 2.05) is 13.8 Å².